The molecule has 21 heavy (non-hydrogen) atoms. The van der Waals surface area contributed by atoms with Crippen LogP contribution in [0.4, 0.5) is 0 Å². The Balaban J connectivity index is 0.00000161. The summed E-state index contributed by atoms with van der Waals surface area (Å²) in [4.78, 5) is 14.7. The Morgan fingerprint density at radius 3 is 2.95 bits per heavy atom. The number of carbonyl (C=O) groups is 1. The van der Waals surface area contributed by atoms with E-state index in [0.29, 0.717) is 24.9 Å². The van der Waals surface area contributed by atoms with E-state index in [2.05, 4.69) is 6.07 Å². The fourth-order valence-electron chi connectivity index (χ4n) is 3.63. The molecule has 0 bridgehead atoms. The summed E-state index contributed by atoms with van der Waals surface area (Å²) in [5, 5.41) is 0.829. The van der Waals surface area contributed by atoms with Gasteiger partial charge in [0, 0.05) is 24.0 Å². The van der Waals surface area contributed by atoms with Crippen LogP contribution in [-0.2, 0) is 17.8 Å². The summed E-state index contributed by atoms with van der Waals surface area (Å²) >= 11 is 6.22. The fourth-order valence-corrected chi connectivity index (χ4v) is 3.92. The molecule has 1 aliphatic carbocycles. The van der Waals surface area contributed by atoms with Crippen molar-refractivity contribution in [2.45, 2.75) is 32.2 Å². The average molecular weight is 329 g/mol. The molecule has 1 amide bonds. The highest BCUT2D eigenvalue weighted by Gasteiger charge is 2.35. The average Bonchev–Trinajstić information content (AvgIpc) is 2.95. The Labute approximate surface area is 137 Å². The zero-order valence-electron chi connectivity index (χ0n) is 12.1. The van der Waals surface area contributed by atoms with Crippen LogP contribution in [-0.4, -0.2) is 23.9 Å². The van der Waals surface area contributed by atoms with Crippen LogP contribution in [0.25, 0.3) is 0 Å². The van der Waals surface area contributed by atoms with Crippen molar-refractivity contribution in [3.63, 3.8) is 0 Å². The number of nitrogens with two attached hydrogens (primary N) is 1. The number of benzene rings is 1. The molecule has 2 aliphatic rings. The van der Waals surface area contributed by atoms with E-state index in [9.17, 15) is 4.79 Å². The normalized spacial score (nSPS) is 24.4. The molecule has 1 heterocycles. The highest BCUT2D eigenvalue weighted by Crippen LogP contribution is 2.34. The van der Waals surface area contributed by atoms with Gasteiger partial charge in [0.05, 0.1) is 0 Å². The summed E-state index contributed by atoms with van der Waals surface area (Å²) in [5.74, 6) is 0.813. The number of halogens is 2. The van der Waals surface area contributed by atoms with Gasteiger partial charge in [-0.2, -0.15) is 0 Å². The molecule has 1 aromatic carbocycles. The highest BCUT2D eigenvalue weighted by molar-refractivity contribution is 6.31. The molecular weight excluding hydrogens is 307 g/mol. The Hall–Kier alpha value is -0.770. The molecule has 0 spiro atoms. The minimum absolute atomic E-state index is 0. The molecule has 2 N–H and O–H groups in total. The Morgan fingerprint density at radius 2 is 2.19 bits per heavy atom. The van der Waals surface area contributed by atoms with Crippen LogP contribution in [0.15, 0.2) is 18.2 Å². The standard InChI is InChI=1S/C16H21ClN2O.ClH/c17-15-6-2-4-12-10-19(8-7-13(12)15)16(20)14-5-1-3-11(14)9-18;/h2,4,6,11,14H,1,3,5,7-10,18H2;1H/t11-,14-;/m1./s1. The van der Waals surface area contributed by atoms with E-state index in [-0.39, 0.29) is 18.3 Å². The van der Waals surface area contributed by atoms with Gasteiger partial charge in [0.2, 0.25) is 5.91 Å². The molecule has 116 valence electrons. The van der Waals surface area contributed by atoms with Crippen molar-refractivity contribution in [2.24, 2.45) is 17.6 Å². The van der Waals surface area contributed by atoms with E-state index in [1.807, 2.05) is 17.0 Å². The van der Waals surface area contributed by atoms with Crippen LogP contribution in [0.5, 0.6) is 0 Å². The molecule has 1 aliphatic heterocycles. The van der Waals surface area contributed by atoms with Gasteiger partial charge in [-0.15, -0.1) is 12.4 Å². The predicted octanol–water partition coefficient (Wildman–Crippen LogP) is 3.02. The van der Waals surface area contributed by atoms with Crippen LogP contribution < -0.4 is 5.73 Å². The first-order chi connectivity index (χ1) is 9.70. The van der Waals surface area contributed by atoms with Crippen LogP contribution in [0.1, 0.15) is 30.4 Å². The molecular formula is C16H22Cl2N2O. The molecule has 5 heteroatoms. The number of rotatable bonds is 2. The fraction of sp³-hybridized carbons (Fsp3) is 0.562. The molecule has 2 atom stereocenters. The molecule has 1 saturated carbocycles. The van der Waals surface area contributed by atoms with Gasteiger partial charge in [-0.1, -0.05) is 30.2 Å². The second-order valence-electron chi connectivity index (χ2n) is 5.92. The van der Waals surface area contributed by atoms with Crippen molar-refractivity contribution >= 4 is 29.9 Å². The van der Waals surface area contributed by atoms with Crippen molar-refractivity contribution in [2.75, 3.05) is 13.1 Å². The van der Waals surface area contributed by atoms with Gasteiger partial charge in [-0.25, -0.2) is 0 Å². The van der Waals surface area contributed by atoms with E-state index in [0.717, 1.165) is 37.3 Å². The molecule has 0 saturated heterocycles. The van der Waals surface area contributed by atoms with Gasteiger partial charge in [0.15, 0.2) is 0 Å². The molecule has 0 radical (unpaired) electrons. The summed E-state index contributed by atoms with van der Waals surface area (Å²) in [6, 6.07) is 5.97. The van der Waals surface area contributed by atoms with E-state index < -0.39 is 0 Å². The maximum atomic E-state index is 12.7. The zero-order valence-corrected chi connectivity index (χ0v) is 13.6. The highest BCUT2D eigenvalue weighted by atomic mass is 35.5. The summed E-state index contributed by atoms with van der Waals surface area (Å²) < 4.78 is 0. The van der Waals surface area contributed by atoms with Crippen LogP contribution in [0.2, 0.25) is 5.02 Å². The van der Waals surface area contributed by atoms with E-state index >= 15 is 0 Å². The third-order valence-electron chi connectivity index (χ3n) is 4.80. The number of hydrogen-bond donors (Lipinski definition) is 1. The number of fused-ring (bicyclic) bond motifs is 1. The molecule has 3 nitrogen and oxygen atoms in total. The van der Waals surface area contributed by atoms with Gasteiger partial charge in [-0.05, 0) is 48.9 Å². The van der Waals surface area contributed by atoms with E-state index in [1.165, 1.54) is 11.1 Å². The van der Waals surface area contributed by atoms with Crippen LogP contribution >= 0.6 is 24.0 Å². The van der Waals surface area contributed by atoms with Crippen LogP contribution in [0, 0.1) is 11.8 Å². The van der Waals surface area contributed by atoms with E-state index in [4.69, 9.17) is 17.3 Å². The topological polar surface area (TPSA) is 46.3 Å². The first kappa shape index (κ1) is 16.6. The second-order valence-corrected chi connectivity index (χ2v) is 6.33. The minimum atomic E-state index is 0. The quantitative estimate of drug-likeness (QED) is 0.907. The summed E-state index contributed by atoms with van der Waals surface area (Å²) in [6.45, 7) is 2.11. The van der Waals surface area contributed by atoms with Crippen molar-refractivity contribution in [3.05, 3.63) is 34.3 Å². The lowest BCUT2D eigenvalue weighted by Gasteiger charge is -2.32. The van der Waals surface area contributed by atoms with Gasteiger partial charge in [-0.3, -0.25) is 4.79 Å². The Morgan fingerprint density at radius 1 is 1.38 bits per heavy atom. The molecule has 0 unspecified atom stereocenters. The molecule has 1 fully saturated rings. The second kappa shape index (κ2) is 6.99. The van der Waals surface area contributed by atoms with E-state index in [1.54, 1.807) is 0 Å². The predicted molar refractivity (Wildman–Crippen MR) is 87.7 cm³/mol. The van der Waals surface area contributed by atoms with Crippen molar-refractivity contribution in [1.82, 2.24) is 4.90 Å². The number of carbonyl (C=O) groups excluding carboxylic acids is 1. The lowest BCUT2D eigenvalue weighted by Crippen LogP contribution is -2.41. The lowest BCUT2D eigenvalue weighted by molar-refractivity contribution is -0.137. The molecule has 0 aromatic heterocycles. The summed E-state index contributed by atoms with van der Waals surface area (Å²) in [5.41, 5.74) is 8.20. The maximum absolute atomic E-state index is 12.7. The largest absolute Gasteiger partial charge is 0.338 e. The maximum Gasteiger partial charge on any atom is 0.226 e. The van der Waals surface area contributed by atoms with Crippen molar-refractivity contribution < 1.29 is 4.79 Å². The van der Waals surface area contributed by atoms with Gasteiger partial charge >= 0.3 is 0 Å². The monoisotopic (exact) mass is 328 g/mol. The Kier molecular flexibility index (Phi) is 5.53. The van der Waals surface area contributed by atoms with Gasteiger partial charge < -0.3 is 10.6 Å². The smallest absolute Gasteiger partial charge is 0.226 e. The van der Waals surface area contributed by atoms with Crippen molar-refractivity contribution in [1.29, 1.82) is 0 Å². The van der Waals surface area contributed by atoms with Crippen molar-refractivity contribution in [3.8, 4) is 0 Å². The lowest BCUT2D eigenvalue weighted by atomic mass is 9.92. The minimum Gasteiger partial charge on any atom is -0.338 e. The number of nitrogens with zero attached hydrogens (tertiary/aromatic N) is 1. The third-order valence-corrected chi connectivity index (χ3v) is 5.15. The van der Waals surface area contributed by atoms with Crippen LogP contribution in [0.3, 0.4) is 0 Å². The van der Waals surface area contributed by atoms with Gasteiger partial charge in [0.1, 0.15) is 0 Å². The molecule has 1 aromatic rings. The number of amides is 1. The number of hydrogen-bond acceptors (Lipinski definition) is 2. The summed E-state index contributed by atoms with van der Waals surface area (Å²) in [7, 11) is 0. The summed E-state index contributed by atoms with van der Waals surface area (Å²) in [6.07, 6.45) is 4.10. The third kappa shape index (κ3) is 3.20. The zero-order chi connectivity index (χ0) is 14.1. The SMILES string of the molecule is Cl.NC[C@H]1CCC[C@H]1C(=O)N1CCc2c(Cl)cccc2C1. The molecule has 3 rings (SSSR count). The van der Waals surface area contributed by atoms with Gasteiger partial charge in [0.25, 0.3) is 0 Å². The first-order valence-corrected chi connectivity index (χ1v) is 7.83. The Bertz CT molecular complexity index is 521. The first-order valence-electron chi connectivity index (χ1n) is 7.46.